The second-order valence-corrected chi connectivity index (χ2v) is 7.25. The van der Waals surface area contributed by atoms with E-state index in [9.17, 15) is 49.8 Å². The van der Waals surface area contributed by atoms with Gasteiger partial charge in [-0.15, -0.1) is 0 Å². The maximum absolute atomic E-state index is 11.6. The van der Waals surface area contributed by atoms with Gasteiger partial charge in [-0.3, -0.25) is 0 Å². The Morgan fingerprint density at radius 2 is 0.903 bits per heavy atom. The molecule has 1 atom stereocenters. The number of carbonyl (C=O) groups is 4. The standard InChI is InChI=1S/C21H28O10/c1-12(16(24)25)7-20(11-23,5-6-22)21(8-13(2)17(26)27,9-14(3)18(28)29)10-15(4)19(30)31/h7-10,22-23H,5-6,11H2,1-4H3,(H,24,25)(H,26,27)(H,28,29)(H,30,31). The fourth-order valence-electron chi connectivity index (χ4n) is 3.17. The van der Waals surface area contributed by atoms with Gasteiger partial charge in [0.05, 0.1) is 6.61 Å². The number of aliphatic hydroxyl groups excluding tert-OH is 2. The zero-order valence-corrected chi connectivity index (χ0v) is 17.7. The number of carboxylic acid groups (broad SMARTS) is 4. The molecular formula is C21H28O10. The van der Waals surface area contributed by atoms with Gasteiger partial charge in [0.15, 0.2) is 0 Å². The van der Waals surface area contributed by atoms with Crippen LogP contribution in [0.15, 0.2) is 46.6 Å². The highest BCUT2D eigenvalue weighted by atomic mass is 16.4. The van der Waals surface area contributed by atoms with Crippen molar-refractivity contribution in [1.29, 1.82) is 0 Å². The highest BCUT2D eigenvalue weighted by Crippen LogP contribution is 2.50. The molecule has 6 N–H and O–H groups in total. The van der Waals surface area contributed by atoms with Crippen molar-refractivity contribution in [2.45, 2.75) is 34.1 Å². The van der Waals surface area contributed by atoms with Crippen molar-refractivity contribution in [3.05, 3.63) is 46.6 Å². The van der Waals surface area contributed by atoms with Crippen LogP contribution < -0.4 is 0 Å². The monoisotopic (exact) mass is 440 g/mol. The van der Waals surface area contributed by atoms with Gasteiger partial charge in [0.25, 0.3) is 0 Å². The first-order valence-electron chi connectivity index (χ1n) is 9.11. The average Bonchev–Trinajstić information content (AvgIpc) is 2.66. The van der Waals surface area contributed by atoms with Gasteiger partial charge in [-0.2, -0.15) is 0 Å². The quantitative estimate of drug-likeness (QED) is 0.242. The molecule has 0 fully saturated rings. The molecule has 0 saturated heterocycles. The number of carboxylic acids is 4. The number of aliphatic hydroxyl groups is 2. The normalized spacial score (nSPS) is 17.5. The molecule has 0 aliphatic rings. The highest BCUT2D eigenvalue weighted by Gasteiger charge is 2.47. The van der Waals surface area contributed by atoms with E-state index in [1.54, 1.807) is 0 Å². The van der Waals surface area contributed by atoms with Crippen LogP contribution in [-0.4, -0.2) is 67.7 Å². The van der Waals surface area contributed by atoms with E-state index in [4.69, 9.17) is 0 Å². The lowest BCUT2D eigenvalue weighted by Crippen LogP contribution is -2.43. The van der Waals surface area contributed by atoms with Gasteiger partial charge in [-0.1, -0.05) is 24.3 Å². The fraction of sp³-hybridized carbons (Fsp3) is 0.429. The topological polar surface area (TPSA) is 190 Å². The van der Waals surface area contributed by atoms with Crippen LogP contribution in [0, 0.1) is 10.8 Å². The first kappa shape index (κ1) is 27.8. The van der Waals surface area contributed by atoms with Gasteiger partial charge in [-0.25, -0.2) is 19.2 Å². The van der Waals surface area contributed by atoms with Crippen LogP contribution in [0.25, 0.3) is 0 Å². The Hall–Kier alpha value is -3.24. The van der Waals surface area contributed by atoms with Crippen LogP contribution in [-0.2, 0) is 19.2 Å². The van der Waals surface area contributed by atoms with Crippen LogP contribution in [0.5, 0.6) is 0 Å². The van der Waals surface area contributed by atoms with E-state index >= 15 is 0 Å². The minimum Gasteiger partial charge on any atom is -0.478 e. The SMILES string of the molecule is CC(=CC(C=C(C)C(=O)O)(C=C(C)C(=O)O)C(C=C(C)C(=O)O)(CO)CCO)C(=O)O. The van der Waals surface area contributed by atoms with E-state index in [0.29, 0.717) is 0 Å². The van der Waals surface area contributed by atoms with E-state index in [0.717, 1.165) is 24.3 Å². The Balaban J connectivity index is 7.88. The number of allylic oxidation sites excluding steroid dienone is 3. The maximum atomic E-state index is 11.6. The predicted molar refractivity (Wildman–Crippen MR) is 109 cm³/mol. The third-order valence-electron chi connectivity index (χ3n) is 4.91. The molecule has 0 radical (unpaired) electrons. The molecule has 0 aromatic rings. The molecule has 1 unspecified atom stereocenters. The maximum Gasteiger partial charge on any atom is 0.330 e. The largest absolute Gasteiger partial charge is 0.478 e. The van der Waals surface area contributed by atoms with E-state index in [1.807, 2.05) is 0 Å². The molecule has 0 saturated carbocycles. The van der Waals surface area contributed by atoms with Gasteiger partial charge in [0, 0.05) is 39.7 Å². The molecule has 10 heteroatoms. The number of hydrogen-bond acceptors (Lipinski definition) is 6. The molecular weight excluding hydrogens is 412 g/mol. The fourth-order valence-corrected chi connectivity index (χ4v) is 3.17. The van der Waals surface area contributed by atoms with Crippen molar-refractivity contribution in [2.24, 2.45) is 10.8 Å². The van der Waals surface area contributed by atoms with Crippen LogP contribution in [0.2, 0.25) is 0 Å². The molecule has 0 aliphatic heterocycles. The minimum atomic E-state index is -1.94. The molecule has 0 heterocycles. The summed E-state index contributed by atoms with van der Waals surface area (Å²) in [5.41, 5.74) is -4.97. The first-order valence-corrected chi connectivity index (χ1v) is 9.11. The van der Waals surface area contributed by atoms with E-state index < -0.39 is 47.9 Å². The summed E-state index contributed by atoms with van der Waals surface area (Å²) in [7, 11) is 0. The Labute approximate surface area is 179 Å². The molecule has 0 spiro atoms. The summed E-state index contributed by atoms with van der Waals surface area (Å²) in [6.07, 6.45) is 3.88. The van der Waals surface area contributed by atoms with Crippen molar-refractivity contribution in [1.82, 2.24) is 0 Å². The second kappa shape index (κ2) is 11.2. The number of hydrogen-bond donors (Lipinski definition) is 6. The van der Waals surface area contributed by atoms with Gasteiger partial charge in [0.2, 0.25) is 0 Å². The Morgan fingerprint density at radius 3 is 1.13 bits per heavy atom. The summed E-state index contributed by atoms with van der Waals surface area (Å²) in [6.45, 7) is 3.27. The zero-order chi connectivity index (χ0) is 24.6. The van der Waals surface area contributed by atoms with Crippen molar-refractivity contribution in [3.63, 3.8) is 0 Å². The molecule has 0 aromatic carbocycles. The minimum absolute atomic E-state index is 0.281. The lowest BCUT2D eigenvalue weighted by atomic mass is 9.59. The van der Waals surface area contributed by atoms with Gasteiger partial charge in [0.1, 0.15) is 0 Å². The number of rotatable bonds is 12. The van der Waals surface area contributed by atoms with Crippen molar-refractivity contribution in [3.8, 4) is 0 Å². The lowest BCUT2D eigenvalue weighted by molar-refractivity contribution is -0.133. The van der Waals surface area contributed by atoms with E-state index in [1.165, 1.54) is 27.7 Å². The van der Waals surface area contributed by atoms with Gasteiger partial charge in [-0.05, 0) is 34.1 Å². The predicted octanol–water partition coefficient (Wildman–Crippen LogP) is 1.46. The van der Waals surface area contributed by atoms with Crippen molar-refractivity contribution >= 4 is 23.9 Å². The zero-order valence-electron chi connectivity index (χ0n) is 17.7. The molecule has 0 aliphatic carbocycles. The molecule has 0 rings (SSSR count). The molecule has 0 bridgehead atoms. The molecule has 0 amide bonds. The summed E-state index contributed by atoms with van der Waals surface area (Å²) in [6, 6.07) is 0. The van der Waals surface area contributed by atoms with E-state index in [2.05, 4.69) is 0 Å². The van der Waals surface area contributed by atoms with Crippen LogP contribution in [0.4, 0.5) is 0 Å². The molecule has 172 valence electrons. The smallest absolute Gasteiger partial charge is 0.330 e. The Bertz CT molecular complexity index is 785. The molecule has 31 heavy (non-hydrogen) atoms. The summed E-state index contributed by atoms with van der Waals surface area (Å²) < 4.78 is 0. The van der Waals surface area contributed by atoms with Crippen molar-refractivity contribution in [2.75, 3.05) is 13.2 Å². The van der Waals surface area contributed by atoms with Crippen LogP contribution >= 0.6 is 0 Å². The first-order chi connectivity index (χ1) is 14.2. The van der Waals surface area contributed by atoms with E-state index in [-0.39, 0.29) is 28.7 Å². The average molecular weight is 440 g/mol. The Kier molecular flexibility index (Phi) is 10.1. The second-order valence-electron chi connectivity index (χ2n) is 7.25. The van der Waals surface area contributed by atoms with Crippen LogP contribution in [0.1, 0.15) is 34.1 Å². The van der Waals surface area contributed by atoms with Crippen molar-refractivity contribution < 1.29 is 49.8 Å². The number of aliphatic carboxylic acids is 4. The molecule has 0 aromatic heterocycles. The Morgan fingerprint density at radius 1 is 0.613 bits per heavy atom. The third kappa shape index (κ3) is 6.90. The molecule has 10 nitrogen and oxygen atoms in total. The summed E-state index contributed by atoms with van der Waals surface area (Å²) >= 11 is 0. The summed E-state index contributed by atoms with van der Waals surface area (Å²) in [5, 5.41) is 57.6. The van der Waals surface area contributed by atoms with Crippen LogP contribution in [0.3, 0.4) is 0 Å². The third-order valence-corrected chi connectivity index (χ3v) is 4.91. The lowest BCUT2D eigenvalue weighted by Gasteiger charge is -2.44. The summed E-state index contributed by atoms with van der Waals surface area (Å²) in [5.74, 6) is -5.58. The summed E-state index contributed by atoms with van der Waals surface area (Å²) in [4.78, 5) is 46.1. The highest BCUT2D eigenvalue weighted by molar-refractivity contribution is 5.89. The van der Waals surface area contributed by atoms with Gasteiger partial charge < -0.3 is 30.6 Å². The van der Waals surface area contributed by atoms with Gasteiger partial charge >= 0.3 is 23.9 Å².